The lowest BCUT2D eigenvalue weighted by Crippen LogP contribution is -2.45. The Morgan fingerprint density at radius 3 is 2.57 bits per heavy atom. The van der Waals surface area contributed by atoms with E-state index in [1.165, 1.54) is 25.8 Å². The van der Waals surface area contributed by atoms with Gasteiger partial charge >= 0.3 is 6.18 Å². The fraction of sp³-hybridized carbons (Fsp3) is 0.938. The molecule has 0 aromatic rings. The number of halogens is 3. The minimum Gasteiger partial charge on any atom is -0.332 e. The number of piperidine rings is 1. The molecule has 23 heavy (non-hydrogen) atoms. The van der Waals surface area contributed by atoms with Gasteiger partial charge in [-0.2, -0.15) is 13.2 Å². The topological polar surface area (TPSA) is 26.8 Å². The van der Waals surface area contributed by atoms with Gasteiger partial charge in [0.25, 0.3) is 0 Å². The lowest BCUT2D eigenvalue weighted by molar-refractivity contribution is -0.159. The van der Waals surface area contributed by atoms with Crippen LogP contribution in [0.1, 0.15) is 25.7 Å². The highest BCUT2D eigenvalue weighted by Crippen LogP contribution is 2.41. The minimum atomic E-state index is -4.30. The van der Waals surface area contributed by atoms with Crippen LogP contribution in [0.2, 0.25) is 0 Å². The van der Waals surface area contributed by atoms with Crippen LogP contribution in [0.5, 0.6) is 0 Å². The minimum absolute atomic E-state index is 0.240. The molecule has 4 heterocycles. The average molecular weight is 331 g/mol. The SMILES string of the molecule is O=C1C(N2CC3CN4CCCCC4C3C2)CCN1CC(F)(F)F. The molecule has 4 aliphatic rings. The predicted octanol–water partition coefficient (Wildman–Crippen LogP) is 1.57. The number of alkyl halides is 3. The third kappa shape index (κ3) is 2.86. The van der Waals surface area contributed by atoms with E-state index in [1.807, 2.05) is 0 Å². The first-order chi connectivity index (χ1) is 10.9. The Morgan fingerprint density at radius 1 is 1.00 bits per heavy atom. The maximum absolute atomic E-state index is 12.5. The van der Waals surface area contributed by atoms with E-state index in [1.54, 1.807) is 0 Å². The Labute approximate surface area is 134 Å². The molecule has 4 rings (SSSR count). The lowest BCUT2D eigenvalue weighted by atomic mass is 9.90. The van der Waals surface area contributed by atoms with Gasteiger partial charge < -0.3 is 4.90 Å². The van der Waals surface area contributed by atoms with Gasteiger partial charge in [0.1, 0.15) is 6.54 Å². The van der Waals surface area contributed by atoms with Crippen LogP contribution in [0.4, 0.5) is 13.2 Å². The van der Waals surface area contributed by atoms with Gasteiger partial charge in [-0.25, -0.2) is 0 Å². The summed E-state index contributed by atoms with van der Waals surface area (Å²) in [6, 6.07) is 0.321. The highest BCUT2D eigenvalue weighted by molar-refractivity contribution is 5.84. The summed E-state index contributed by atoms with van der Waals surface area (Å²) in [6.45, 7) is 3.22. The van der Waals surface area contributed by atoms with E-state index in [2.05, 4.69) is 9.80 Å². The zero-order valence-electron chi connectivity index (χ0n) is 13.3. The molecule has 1 amide bonds. The molecular weight excluding hydrogens is 307 g/mol. The molecule has 0 aliphatic carbocycles. The standard InChI is InChI=1S/C16H24F3N3O/c17-16(18,19)10-21-6-4-14(15(21)23)22-8-11-7-20-5-2-1-3-13(20)12(11)9-22/h11-14H,1-10H2. The van der Waals surface area contributed by atoms with Crippen LogP contribution < -0.4 is 0 Å². The highest BCUT2D eigenvalue weighted by Gasteiger charge is 2.51. The molecule has 0 N–H and O–H groups in total. The third-order valence-electron chi connectivity index (χ3n) is 6.23. The maximum Gasteiger partial charge on any atom is 0.406 e. The monoisotopic (exact) mass is 331 g/mol. The molecule has 7 heteroatoms. The van der Waals surface area contributed by atoms with Crippen LogP contribution in [-0.2, 0) is 4.79 Å². The summed E-state index contributed by atoms with van der Waals surface area (Å²) in [4.78, 5) is 18.1. The smallest absolute Gasteiger partial charge is 0.332 e. The molecular formula is C16H24F3N3O. The molecule has 0 aromatic carbocycles. The second-order valence-corrected chi connectivity index (χ2v) is 7.62. The zero-order valence-corrected chi connectivity index (χ0v) is 13.3. The van der Waals surface area contributed by atoms with Gasteiger partial charge in [0.15, 0.2) is 0 Å². The summed E-state index contributed by atoms with van der Waals surface area (Å²) in [6.07, 6.45) is 0.0600. The van der Waals surface area contributed by atoms with Gasteiger partial charge in [0, 0.05) is 32.2 Å². The lowest BCUT2D eigenvalue weighted by Gasteiger charge is -2.34. The second kappa shape index (κ2) is 5.62. The van der Waals surface area contributed by atoms with E-state index in [-0.39, 0.29) is 18.5 Å². The fourth-order valence-electron chi connectivity index (χ4n) is 5.28. The van der Waals surface area contributed by atoms with Gasteiger partial charge in [-0.15, -0.1) is 0 Å². The Balaban J connectivity index is 1.39. The van der Waals surface area contributed by atoms with E-state index in [4.69, 9.17) is 0 Å². The van der Waals surface area contributed by atoms with Gasteiger partial charge in [0.2, 0.25) is 5.91 Å². The van der Waals surface area contributed by atoms with E-state index < -0.39 is 12.7 Å². The summed E-state index contributed by atoms with van der Waals surface area (Å²) in [7, 11) is 0. The number of hydrogen-bond donors (Lipinski definition) is 0. The normalized spacial score (nSPS) is 39.1. The van der Waals surface area contributed by atoms with E-state index in [9.17, 15) is 18.0 Å². The largest absolute Gasteiger partial charge is 0.406 e. The summed E-state index contributed by atoms with van der Waals surface area (Å²) >= 11 is 0. The van der Waals surface area contributed by atoms with E-state index in [0.717, 1.165) is 24.5 Å². The second-order valence-electron chi connectivity index (χ2n) is 7.62. The van der Waals surface area contributed by atoms with Gasteiger partial charge in [-0.3, -0.25) is 14.6 Å². The molecule has 4 aliphatic heterocycles. The maximum atomic E-state index is 12.5. The molecule has 4 fully saturated rings. The van der Waals surface area contributed by atoms with Crippen molar-refractivity contribution in [2.24, 2.45) is 11.8 Å². The number of fused-ring (bicyclic) bond motifs is 3. The highest BCUT2D eigenvalue weighted by atomic mass is 19.4. The van der Waals surface area contributed by atoms with Crippen molar-refractivity contribution in [3.8, 4) is 0 Å². The van der Waals surface area contributed by atoms with E-state index in [0.29, 0.717) is 24.3 Å². The summed E-state index contributed by atoms with van der Waals surface area (Å²) in [5, 5.41) is 0. The van der Waals surface area contributed by atoms with Crippen molar-refractivity contribution in [3.05, 3.63) is 0 Å². The Bertz CT molecular complexity index is 484. The van der Waals surface area contributed by atoms with Crippen LogP contribution >= 0.6 is 0 Å². The molecule has 4 unspecified atom stereocenters. The molecule has 4 atom stereocenters. The molecule has 4 nitrogen and oxygen atoms in total. The average Bonchev–Trinajstić information content (AvgIpc) is 3.11. The first-order valence-corrected chi connectivity index (χ1v) is 8.76. The molecule has 4 saturated heterocycles. The number of likely N-dealkylation sites (tertiary alicyclic amines) is 2. The first-order valence-electron chi connectivity index (χ1n) is 8.76. The van der Waals surface area contributed by atoms with Crippen LogP contribution in [0.25, 0.3) is 0 Å². The summed E-state index contributed by atoms with van der Waals surface area (Å²) in [5.74, 6) is 0.894. The quantitative estimate of drug-likeness (QED) is 0.768. The van der Waals surface area contributed by atoms with Crippen molar-refractivity contribution >= 4 is 5.91 Å². The number of rotatable bonds is 2. The zero-order chi connectivity index (χ0) is 16.2. The van der Waals surface area contributed by atoms with Crippen molar-refractivity contribution in [2.75, 3.05) is 39.3 Å². The van der Waals surface area contributed by atoms with Crippen molar-refractivity contribution < 1.29 is 18.0 Å². The molecule has 0 aromatic heterocycles. The number of nitrogens with zero attached hydrogens (tertiary/aromatic N) is 3. The van der Waals surface area contributed by atoms with Crippen LogP contribution in [-0.4, -0.2) is 78.1 Å². The fourth-order valence-corrected chi connectivity index (χ4v) is 5.28. The van der Waals surface area contributed by atoms with Gasteiger partial charge in [-0.05, 0) is 37.6 Å². The molecule has 0 saturated carbocycles. The van der Waals surface area contributed by atoms with Gasteiger partial charge in [-0.1, -0.05) is 6.42 Å². The number of carbonyl (C=O) groups is 1. The molecule has 0 radical (unpaired) electrons. The van der Waals surface area contributed by atoms with Crippen LogP contribution in [0.3, 0.4) is 0 Å². The van der Waals surface area contributed by atoms with Crippen molar-refractivity contribution in [3.63, 3.8) is 0 Å². The van der Waals surface area contributed by atoms with Crippen LogP contribution in [0.15, 0.2) is 0 Å². The summed E-state index contributed by atoms with van der Waals surface area (Å²) < 4.78 is 37.6. The molecule has 130 valence electrons. The number of carbonyl (C=O) groups excluding carboxylic acids is 1. The van der Waals surface area contributed by atoms with Crippen molar-refractivity contribution in [1.29, 1.82) is 0 Å². The Hall–Kier alpha value is -0.820. The molecule has 0 spiro atoms. The van der Waals surface area contributed by atoms with Gasteiger partial charge in [0.05, 0.1) is 6.04 Å². The van der Waals surface area contributed by atoms with Crippen LogP contribution in [0, 0.1) is 11.8 Å². The van der Waals surface area contributed by atoms with E-state index >= 15 is 0 Å². The Morgan fingerprint density at radius 2 is 1.78 bits per heavy atom. The first kappa shape index (κ1) is 15.7. The van der Waals surface area contributed by atoms with Crippen molar-refractivity contribution in [2.45, 2.75) is 43.9 Å². The van der Waals surface area contributed by atoms with Crippen molar-refractivity contribution in [1.82, 2.24) is 14.7 Å². The summed E-state index contributed by atoms with van der Waals surface area (Å²) in [5.41, 5.74) is 0. The predicted molar refractivity (Wildman–Crippen MR) is 78.8 cm³/mol. The Kier molecular flexibility index (Phi) is 3.83. The number of hydrogen-bond acceptors (Lipinski definition) is 3. The third-order valence-corrected chi connectivity index (χ3v) is 6.23. The molecule has 0 bridgehead atoms. The number of amides is 1.